The zero-order valence-electron chi connectivity index (χ0n) is 41.2. The quantitative estimate of drug-likeness (QED) is 0.157. The van der Waals surface area contributed by atoms with Gasteiger partial charge in [-0.3, -0.25) is 0 Å². The van der Waals surface area contributed by atoms with Crippen LogP contribution < -0.4 is 0 Å². The highest BCUT2D eigenvalue weighted by Crippen LogP contribution is 2.45. The van der Waals surface area contributed by atoms with Crippen molar-refractivity contribution in [1.29, 1.82) is 0 Å². The number of fused-ring (bicyclic) bond motifs is 1. The lowest BCUT2D eigenvalue weighted by Gasteiger charge is -2.38. The number of hydrogen-bond donors (Lipinski definition) is 0. The fourth-order valence-electron chi connectivity index (χ4n) is 11.9. The number of nitrogens with zero attached hydrogens (tertiary/aromatic N) is 2. The van der Waals surface area contributed by atoms with Gasteiger partial charge >= 0.3 is 0 Å². The van der Waals surface area contributed by atoms with Gasteiger partial charge in [0.05, 0.1) is 34.0 Å². The minimum absolute atomic E-state index is 0.499. The van der Waals surface area contributed by atoms with Crippen LogP contribution in [0.2, 0.25) is 66.5 Å². The summed E-state index contributed by atoms with van der Waals surface area (Å²) >= 11 is 1.29. The van der Waals surface area contributed by atoms with Crippen molar-refractivity contribution in [1.82, 2.24) is 8.75 Å². The van der Waals surface area contributed by atoms with Gasteiger partial charge in [-0.25, -0.2) is 0 Å². The van der Waals surface area contributed by atoms with Gasteiger partial charge in [-0.15, -0.1) is 22.2 Å². The molecule has 0 spiro atoms. The number of benzene rings is 1. The summed E-state index contributed by atoms with van der Waals surface area (Å²) in [6.45, 7) is 57.6. The fraction of sp³-hybridized carbons (Fsp3) is 0.720. The topological polar surface area (TPSA) is 25.8 Å². The van der Waals surface area contributed by atoms with Gasteiger partial charge in [-0.05, 0) is 66.5 Å². The summed E-state index contributed by atoms with van der Waals surface area (Å²) in [6, 6.07) is 0. The van der Waals surface area contributed by atoms with Crippen LogP contribution in [0, 0.1) is 45.9 Å². The molecule has 0 saturated heterocycles. The van der Waals surface area contributed by atoms with Gasteiger partial charge in [0.25, 0.3) is 0 Å². The molecule has 0 aliphatic carbocycles. The molecule has 0 bridgehead atoms. The summed E-state index contributed by atoms with van der Waals surface area (Å²) in [4.78, 5) is 0. The van der Waals surface area contributed by atoms with Crippen LogP contribution in [0.15, 0.2) is 0 Å². The van der Waals surface area contributed by atoms with E-state index in [0.29, 0.717) is 66.5 Å². The van der Waals surface area contributed by atoms with E-state index in [-0.39, 0.29) is 0 Å². The van der Waals surface area contributed by atoms with Gasteiger partial charge in [0, 0.05) is 0 Å². The van der Waals surface area contributed by atoms with Crippen molar-refractivity contribution in [2.45, 2.75) is 233 Å². The highest BCUT2D eigenvalue weighted by atomic mass is 32.1. The van der Waals surface area contributed by atoms with Crippen LogP contribution in [0.5, 0.6) is 0 Å². The van der Waals surface area contributed by atoms with E-state index < -0.39 is 32.3 Å². The van der Waals surface area contributed by atoms with Crippen molar-refractivity contribution in [3.05, 3.63) is 22.3 Å². The molecule has 0 amide bonds. The van der Waals surface area contributed by atoms with Gasteiger partial charge in [0.2, 0.25) is 0 Å². The van der Waals surface area contributed by atoms with Gasteiger partial charge in [-0.1, -0.05) is 190 Å². The van der Waals surface area contributed by atoms with Crippen LogP contribution in [0.1, 0.15) is 188 Å². The summed E-state index contributed by atoms with van der Waals surface area (Å²) in [7, 11) is -8.52. The highest BCUT2D eigenvalue weighted by Gasteiger charge is 2.45. The normalized spacial score (nSPS) is 13.2. The lowest BCUT2D eigenvalue weighted by molar-refractivity contribution is 0.838. The predicted octanol–water partition coefficient (Wildman–Crippen LogP) is 16.0. The van der Waals surface area contributed by atoms with Gasteiger partial charge < -0.3 is 0 Å². The molecule has 2 aromatic rings. The molecule has 1 aromatic heterocycles. The van der Waals surface area contributed by atoms with Crippen molar-refractivity contribution in [2.75, 3.05) is 0 Å². The molecule has 1 aromatic carbocycles. The van der Waals surface area contributed by atoms with E-state index >= 15 is 0 Å². The second-order valence-corrected chi connectivity index (χ2v) is 43.9. The lowest BCUT2D eigenvalue weighted by Crippen LogP contribution is -2.43. The molecule has 0 atom stereocenters. The first-order valence-corrected chi connectivity index (χ1v) is 32.3. The first-order valence-electron chi connectivity index (χ1n) is 22.6. The Labute approximate surface area is 362 Å². The largest absolute Gasteiger partial charge is 0.172 e. The zero-order chi connectivity index (χ0) is 44.2. The first kappa shape index (κ1) is 51.3. The average molecular weight is 858 g/mol. The molecule has 0 radical (unpaired) electrons. The Bertz CT molecular complexity index is 1700. The summed E-state index contributed by atoms with van der Waals surface area (Å²) in [5.74, 6) is 15.9. The predicted molar refractivity (Wildman–Crippen MR) is 269 cm³/mol. The van der Waals surface area contributed by atoms with Crippen molar-refractivity contribution < 1.29 is 0 Å². The van der Waals surface area contributed by atoms with E-state index in [9.17, 15) is 0 Å². The number of aromatic nitrogens is 2. The molecule has 0 unspecified atom stereocenters. The third-order valence-electron chi connectivity index (χ3n) is 14.8. The Balaban J connectivity index is 3.70. The molecule has 0 saturated carbocycles. The third kappa shape index (κ3) is 9.55. The van der Waals surface area contributed by atoms with E-state index in [4.69, 9.17) is 8.75 Å². The molecular weight excluding hydrogens is 773 g/mol. The Morgan fingerprint density at radius 1 is 0.281 bits per heavy atom. The second-order valence-electron chi connectivity index (χ2n) is 21.0. The van der Waals surface area contributed by atoms with Crippen molar-refractivity contribution >= 4 is 55.1 Å². The van der Waals surface area contributed by atoms with Gasteiger partial charge in [0.1, 0.15) is 43.3 Å². The number of hydrogen-bond acceptors (Lipinski definition) is 3. The van der Waals surface area contributed by atoms with Crippen molar-refractivity contribution in [3.8, 4) is 45.9 Å². The maximum Gasteiger partial charge on any atom is 0.146 e. The van der Waals surface area contributed by atoms with Crippen LogP contribution in [-0.2, 0) is 0 Å². The molecule has 0 aliphatic rings. The minimum atomic E-state index is -2.15. The Kier molecular flexibility index (Phi) is 18.1. The molecule has 0 N–H and O–H groups in total. The van der Waals surface area contributed by atoms with Crippen molar-refractivity contribution in [2.24, 2.45) is 0 Å². The summed E-state index contributed by atoms with van der Waals surface area (Å²) in [5.41, 5.74) is 28.1. The smallest absolute Gasteiger partial charge is 0.146 e. The standard InChI is InChI=1S/C50H84N2SSi4/c1-33(2)54(34(3)4,35(5)6)29-25-45-46(26-30-55(36(7)8,37(9)10)38(11)12)48(28-32-57(42(19)20,43(21)22)44(23)24)50-49(51-53-52-50)47(45)27-31-56(39(13)14,40(15)16)41(17)18/h33-44H,1-24H3. The molecule has 316 valence electrons. The molecular formula is C50H84N2SSi4. The van der Waals surface area contributed by atoms with E-state index in [1.165, 1.54) is 11.7 Å². The van der Waals surface area contributed by atoms with Crippen LogP contribution in [0.4, 0.5) is 0 Å². The highest BCUT2D eigenvalue weighted by molar-refractivity contribution is 7.00. The fourth-order valence-corrected chi connectivity index (χ4v) is 33.3. The van der Waals surface area contributed by atoms with E-state index in [0.717, 1.165) is 33.3 Å². The SMILES string of the molecule is CC(C)[Si](C#Cc1c(C#C[Si](C(C)C)(C(C)C)C(C)C)c(C#C[Si](C(C)C)(C(C)C)C(C)C)c2nsnc2c1C#C[Si](C(C)C)(C(C)C)C(C)C)(C(C)C)C(C)C. The lowest BCUT2D eigenvalue weighted by atomic mass is 9.95. The summed E-state index contributed by atoms with van der Waals surface area (Å²) in [5, 5.41) is 0. The Morgan fingerprint density at radius 3 is 0.596 bits per heavy atom. The van der Waals surface area contributed by atoms with Gasteiger partial charge in [-0.2, -0.15) is 8.75 Å². The third-order valence-corrected chi connectivity index (χ3v) is 40.5. The van der Waals surface area contributed by atoms with Crippen LogP contribution in [-0.4, -0.2) is 41.0 Å². The van der Waals surface area contributed by atoms with Gasteiger partial charge in [0.15, 0.2) is 0 Å². The first-order chi connectivity index (χ1) is 26.2. The van der Waals surface area contributed by atoms with Crippen LogP contribution >= 0.6 is 11.7 Å². The molecule has 2 rings (SSSR count). The van der Waals surface area contributed by atoms with E-state index in [1.54, 1.807) is 0 Å². The summed E-state index contributed by atoms with van der Waals surface area (Å²) in [6.07, 6.45) is 0. The van der Waals surface area contributed by atoms with Crippen molar-refractivity contribution in [3.63, 3.8) is 0 Å². The molecule has 7 heteroatoms. The molecule has 2 nitrogen and oxygen atoms in total. The van der Waals surface area contributed by atoms with E-state index in [1.807, 2.05) is 0 Å². The second kappa shape index (κ2) is 20.1. The summed E-state index contributed by atoms with van der Waals surface area (Å²) < 4.78 is 10.2. The number of rotatable bonds is 12. The molecule has 1 heterocycles. The molecule has 57 heavy (non-hydrogen) atoms. The Hall–Kier alpha value is -1.85. The maximum atomic E-state index is 5.10. The van der Waals surface area contributed by atoms with E-state index in [2.05, 4.69) is 212 Å². The Morgan fingerprint density at radius 2 is 0.439 bits per heavy atom. The average Bonchev–Trinajstić information content (AvgIpc) is 3.55. The molecule has 0 fully saturated rings. The minimum Gasteiger partial charge on any atom is -0.172 e. The monoisotopic (exact) mass is 857 g/mol. The van der Waals surface area contributed by atoms with Crippen LogP contribution in [0.3, 0.4) is 0 Å². The van der Waals surface area contributed by atoms with Crippen LogP contribution in [0.25, 0.3) is 11.0 Å². The molecule has 0 aliphatic heterocycles. The zero-order valence-corrected chi connectivity index (χ0v) is 46.0. The maximum absolute atomic E-state index is 5.10.